The number of nitrogens with zero attached hydrogens (tertiary/aromatic N) is 3. The number of benzene rings is 1. The molecule has 6 nitrogen and oxygen atoms in total. The largest absolute Gasteiger partial charge is 0.397 e. The summed E-state index contributed by atoms with van der Waals surface area (Å²) >= 11 is 0. The molecule has 116 valence electrons. The minimum Gasteiger partial charge on any atom is -0.397 e. The lowest BCUT2D eigenvalue weighted by Gasteiger charge is -2.27. The van der Waals surface area contributed by atoms with E-state index in [-0.39, 0.29) is 5.91 Å². The van der Waals surface area contributed by atoms with Crippen molar-refractivity contribution in [1.82, 2.24) is 14.5 Å². The molecule has 2 fully saturated rings. The molecule has 0 radical (unpaired) electrons. The average Bonchev–Trinajstić information content (AvgIpc) is 3.32. The van der Waals surface area contributed by atoms with Crippen molar-refractivity contribution < 1.29 is 9.53 Å². The lowest BCUT2D eigenvalue weighted by atomic mass is 10.2. The van der Waals surface area contributed by atoms with Crippen LogP contribution >= 0.6 is 0 Å². The van der Waals surface area contributed by atoms with Gasteiger partial charge in [0.2, 0.25) is 5.91 Å². The second-order valence-corrected chi connectivity index (χ2v) is 6.04. The number of rotatable bonds is 3. The highest BCUT2D eigenvalue weighted by molar-refractivity contribution is 5.89. The maximum Gasteiger partial charge on any atom is 0.242 e. The molecular weight excluding hydrogens is 280 g/mol. The van der Waals surface area contributed by atoms with Crippen LogP contribution in [0.5, 0.6) is 0 Å². The van der Waals surface area contributed by atoms with E-state index in [0.29, 0.717) is 44.5 Å². The van der Waals surface area contributed by atoms with Crippen molar-refractivity contribution in [2.75, 3.05) is 32.0 Å². The first-order chi connectivity index (χ1) is 10.7. The van der Waals surface area contributed by atoms with Crippen LogP contribution in [0.15, 0.2) is 18.2 Å². The number of hydrogen-bond acceptors (Lipinski definition) is 4. The second-order valence-electron chi connectivity index (χ2n) is 6.04. The second kappa shape index (κ2) is 5.28. The summed E-state index contributed by atoms with van der Waals surface area (Å²) in [7, 11) is 0. The van der Waals surface area contributed by atoms with Crippen LogP contribution in [-0.4, -0.2) is 46.7 Å². The van der Waals surface area contributed by atoms with Crippen molar-refractivity contribution in [3.05, 3.63) is 24.0 Å². The molecule has 1 amide bonds. The molecule has 0 atom stereocenters. The number of aromatic nitrogens is 2. The van der Waals surface area contributed by atoms with Crippen LogP contribution in [0.25, 0.3) is 11.0 Å². The van der Waals surface area contributed by atoms with E-state index in [2.05, 4.69) is 4.57 Å². The summed E-state index contributed by atoms with van der Waals surface area (Å²) < 4.78 is 7.37. The minimum atomic E-state index is 0.131. The van der Waals surface area contributed by atoms with Crippen LogP contribution in [-0.2, 0) is 16.1 Å². The first-order valence-corrected chi connectivity index (χ1v) is 7.84. The molecule has 1 saturated heterocycles. The summed E-state index contributed by atoms with van der Waals surface area (Å²) in [5.41, 5.74) is 8.50. The summed E-state index contributed by atoms with van der Waals surface area (Å²) in [6.07, 6.45) is 2.30. The first-order valence-electron chi connectivity index (χ1n) is 7.84. The fraction of sp³-hybridized carbons (Fsp3) is 0.500. The normalized spacial score (nSPS) is 18.8. The third kappa shape index (κ3) is 2.33. The SMILES string of the molecule is Nc1cccc2c1nc(C1CC1)n2CC(=O)N1CCOCC1. The van der Waals surface area contributed by atoms with E-state index in [9.17, 15) is 4.79 Å². The Labute approximate surface area is 128 Å². The highest BCUT2D eigenvalue weighted by Crippen LogP contribution is 2.41. The number of para-hydroxylation sites is 1. The maximum atomic E-state index is 12.6. The molecule has 1 aliphatic carbocycles. The number of fused-ring (bicyclic) bond motifs is 1. The molecule has 4 rings (SSSR count). The van der Waals surface area contributed by atoms with E-state index in [1.165, 1.54) is 0 Å². The van der Waals surface area contributed by atoms with Crippen LogP contribution in [0.2, 0.25) is 0 Å². The average molecular weight is 300 g/mol. The van der Waals surface area contributed by atoms with Crippen LogP contribution in [0.3, 0.4) is 0 Å². The van der Waals surface area contributed by atoms with Gasteiger partial charge in [0.25, 0.3) is 0 Å². The first kappa shape index (κ1) is 13.6. The summed E-state index contributed by atoms with van der Waals surface area (Å²) in [4.78, 5) is 19.2. The third-order valence-electron chi connectivity index (χ3n) is 4.44. The molecule has 0 spiro atoms. The molecule has 2 aliphatic rings. The smallest absolute Gasteiger partial charge is 0.242 e. The molecule has 2 N–H and O–H groups in total. The molecule has 6 heteroatoms. The van der Waals surface area contributed by atoms with Gasteiger partial charge < -0.3 is 19.9 Å². The van der Waals surface area contributed by atoms with Crippen molar-refractivity contribution in [3.8, 4) is 0 Å². The van der Waals surface area contributed by atoms with E-state index in [0.717, 1.165) is 29.7 Å². The van der Waals surface area contributed by atoms with Gasteiger partial charge in [-0.05, 0) is 25.0 Å². The van der Waals surface area contributed by atoms with Gasteiger partial charge in [0.05, 0.1) is 24.4 Å². The van der Waals surface area contributed by atoms with Crippen LogP contribution in [0, 0.1) is 0 Å². The van der Waals surface area contributed by atoms with Gasteiger partial charge in [-0.2, -0.15) is 0 Å². The Hall–Kier alpha value is -2.08. The molecule has 1 saturated carbocycles. The van der Waals surface area contributed by atoms with Crippen molar-refractivity contribution in [2.45, 2.75) is 25.3 Å². The van der Waals surface area contributed by atoms with Crippen molar-refractivity contribution >= 4 is 22.6 Å². The standard InChI is InChI=1S/C16H20N4O2/c17-12-2-1-3-13-15(12)18-16(11-4-5-11)20(13)10-14(21)19-6-8-22-9-7-19/h1-3,11H,4-10,17H2. The summed E-state index contributed by atoms with van der Waals surface area (Å²) in [6, 6.07) is 5.78. The summed E-state index contributed by atoms with van der Waals surface area (Å²) in [5, 5.41) is 0. The molecule has 2 aromatic rings. The van der Waals surface area contributed by atoms with Crippen molar-refractivity contribution in [1.29, 1.82) is 0 Å². The Morgan fingerprint density at radius 2 is 2.09 bits per heavy atom. The highest BCUT2D eigenvalue weighted by Gasteiger charge is 2.31. The van der Waals surface area contributed by atoms with E-state index in [4.69, 9.17) is 15.5 Å². The number of nitrogens with two attached hydrogens (primary N) is 1. The Balaban J connectivity index is 1.69. The Morgan fingerprint density at radius 1 is 1.32 bits per heavy atom. The lowest BCUT2D eigenvalue weighted by molar-refractivity contribution is -0.135. The van der Waals surface area contributed by atoms with Gasteiger partial charge in [-0.1, -0.05) is 6.07 Å². The van der Waals surface area contributed by atoms with Crippen molar-refractivity contribution in [2.24, 2.45) is 0 Å². The topological polar surface area (TPSA) is 73.4 Å². The predicted octanol–water partition coefficient (Wildman–Crippen LogP) is 1.35. The quantitative estimate of drug-likeness (QED) is 0.869. The van der Waals surface area contributed by atoms with E-state index in [1.807, 2.05) is 23.1 Å². The fourth-order valence-electron chi connectivity index (χ4n) is 3.05. The van der Waals surface area contributed by atoms with Gasteiger partial charge in [0.15, 0.2) is 0 Å². The Bertz CT molecular complexity index is 714. The number of imidazole rings is 1. The van der Waals surface area contributed by atoms with Gasteiger partial charge in [-0.25, -0.2) is 4.98 Å². The number of amides is 1. The molecule has 0 unspecified atom stereocenters. The van der Waals surface area contributed by atoms with Crippen LogP contribution < -0.4 is 5.73 Å². The summed E-state index contributed by atoms with van der Waals surface area (Å²) in [5.74, 6) is 1.62. The number of carbonyl (C=O) groups excluding carboxylic acids is 1. The molecule has 0 bridgehead atoms. The summed E-state index contributed by atoms with van der Waals surface area (Å²) in [6.45, 7) is 2.93. The zero-order valence-electron chi connectivity index (χ0n) is 12.5. The van der Waals surface area contributed by atoms with Crippen molar-refractivity contribution in [3.63, 3.8) is 0 Å². The number of carbonyl (C=O) groups is 1. The Morgan fingerprint density at radius 3 is 2.82 bits per heavy atom. The molecular formula is C16H20N4O2. The number of hydrogen-bond donors (Lipinski definition) is 1. The lowest BCUT2D eigenvalue weighted by Crippen LogP contribution is -2.42. The third-order valence-corrected chi connectivity index (χ3v) is 4.44. The highest BCUT2D eigenvalue weighted by atomic mass is 16.5. The van der Waals surface area contributed by atoms with Crippen LogP contribution in [0.1, 0.15) is 24.6 Å². The molecule has 1 aromatic heterocycles. The zero-order chi connectivity index (χ0) is 15.1. The van der Waals surface area contributed by atoms with E-state index in [1.54, 1.807) is 0 Å². The minimum absolute atomic E-state index is 0.131. The molecule has 1 aliphatic heterocycles. The predicted molar refractivity (Wildman–Crippen MR) is 83.5 cm³/mol. The molecule has 1 aromatic carbocycles. The van der Waals surface area contributed by atoms with Gasteiger partial charge >= 0.3 is 0 Å². The zero-order valence-corrected chi connectivity index (χ0v) is 12.5. The molecule has 22 heavy (non-hydrogen) atoms. The Kier molecular flexibility index (Phi) is 3.26. The van der Waals surface area contributed by atoms with Gasteiger partial charge in [0, 0.05) is 19.0 Å². The number of ether oxygens (including phenoxy) is 1. The number of nitrogen functional groups attached to an aromatic ring is 1. The fourth-order valence-corrected chi connectivity index (χ4v) is 3.05. The number of anilines is 1. The van der Waals surface area contributed by atoms with E-state index >= 15 is 0 Å². The van der Waals surface area contributed by atoms with Gasteiger partial charge in [-0.3, -0.25) is 4.79 Å². The number of morpholine rings is 1. The maximum absolute atomic E-state index is 12.6. The van der Waals surface area contributed by atoms with Gasteiger partial charge in [0.1, 0.15) is 17.9 Å². The monoisotopic (exact) mass is 300 g/mol. The van der Waals surface area contributed by atoms with E-state index < -0.39 is 0 Å². The van der Waals surface area contributed by atoms with Crippen LogP contribution in [0.4, 0.5) is 5.69 Å². The molecule has 2 heterocycles. The van der Waals surface area contributed by atoms with Gasteiger partial charge in [-0.15, -0.1) is 0 Å².